The molecule has 0 fully saturated rings. The highest BCUT2D eigenvalue weighted by Gasteiger charge is 2.15. The van der Waals surface area contributed by atoms with Crippen LogP contribution in [0.2, 0.25) is 0 Å². The van der Waals surface area contributed by atoms with Gasteiger partial charge in [-0.05, 0) is 23.8 Å². The number of aromatic nitrogens is 5. The second-order valence-corrected chi connectivity index (χ2v) is 5.64. The Kier molecular flexibility index (Phi) is 4.06. The Labute approximate surface area is 149 Å². The highest BCUT2D eigenvalue weighted by molar-refractivity contribution is 5.98. The molecule has 0 atom stereocenters. The number of nitrogens with two attached hydrogens (primary N) is 1. The van der Waals surface area contributed by atoms with Crippen LogP contribution in [-0.4, -0.2) is 32.0 Å². The average molecular weight is 347 g/mol. The first-order chi connectivity index (χ1) is 12.7. The predicted molar refractivity (Wildman–Crippen MR) is 99.6 cm³/mol. The summed E-state index contributed by atoms with van der Waals surface area (Å²) in [5.74, 6) is 1.63. The van der Waals surface area contributed by atoms with E-state index in [0.29, 0.717) is 29.5 Å². The zero-order chi connectivity index (χ0) is 17.9. The molecular weight excluding hydrogens is 330 g/mol. The fourth-order valence-corrected chi connectivity index (χ4v) is 2.77. The van der Waals surface area contributed by atoms with Crippen LogP contribution in [0.1, 0.15) is 5.56 Å². The Hall–Kier alpha value is -3.68. The van der Waals surface area contributed by atoms with Crippen molar-refractivity contribution in [3.8, 4) is 17.0 Å². The molecule has 4 aromatic heterocycles. The Morgan fingerprint density at radius 2 is 2.00 bits per heavy atom. The quantitative estimate of drug-likeness (QED) is 0.508. The smallest absolute Gasteiger partial charge is 0.220 e. The van der Waals surface area contributed by atoms with Crippen molar-refractivity contribution in [1.29, 1.82) is 0 Å². The summed E-state index contributed by atoms with van der Waals surface area (Å²) < 4.78 is 5.59. The molecule has 4 N–H and O–H groups in total. The van der Waals surface area contributed by atoms with Crippen molar-refractivity contribution in [2.45, 2.75) is 6.54 Å². The monoisotopic (exact) mass is 347 g/mol. The minimum absolute atomic E-state index is 0.222. The standard InChI is InChI=1S/C18H17N7O/c1-26-14-8-15(22-9-11-2-5-20-6-3-11)25-17-16(14)12(10-23-17)13-4-7-21-18(19)24-13/h2-8,10H,9H2,1H3,(H2,19,21,24)(H2,22,23,25). The molecule has 26 heavy (non-hydrogen) atoms. The maximum Gasteiger partial charge on any atom is 0.220 e. The van der Waals surface area contributed by atoms with Crippen LogP contribution in [0, 0.1) is 0 Å². The largest absolute Gasteiger partial charge is 0.496 e. The maximum absolute atomic E-state index is 5.70. The van der Waals surface area contributed by atoms with Crippen LogP contribution < -0.4 is 15.8 Å². The molecule has 0 aliphatic heterocycles. The van der Waals surface area contributed by atoms with Crippen molar-refractivity contribution >= 4 is 22.8 Å². The van der Waals surface area contributed by atoms with Gasteiger partial charge in [0.1, 0.15) is 17.2 Å². The summed E-state index contributed by atoms with van der Waals surface area (Å²) in [7, 11) is 1.63. The van der Waals surface area contributed by atoms with Gasteiger partial charge in [-0.2, -0.15) is 0 Å². The third-order valence-corrected chi connectivity index (χ3v) is 4.00. The second kappa shape index (κ2) is 6.67. The number of methoxy groups -OCH3 is 1. The predicted octanol–water partition coefficient (Wildman–Crippen LogP) is 2.62. The lowest BCUT2D eigenvalue weighted by Gasteiger charge is -2.10. The van der Waals surface area contributed by atoms with Crippen molar-refractivity contribution < 1.29 is 4.74 Å². The van der Waals surface area contributed by atoms with E-state index < -0.39 is 0 Å². The van der Waals surface area contributed by atoms with Gasteiger partial charge in [0.25, 0.3) is 0 Å². The van der Waals surface area contributed by atoms with Crippen molar-refractivity contribution in [3.05, 3.63) is 54.6 Å². The number of nitrogen functional groups attached to an aromatic ring is 1. The normalized spacial score (nSPS) is 10.8. The van der Waals surface area contributed by atoms with Crippen LogP contribution in [-0.2, 0) is 6.54 Å². The number of anilines is 2. The lowest BCUT2D eigenvalue weighted by Crippen LogP contribution is -2.02. The van der Waals surface area contributed by atoms with Gasteiger partial charge in [0, 0.05) is 43.0 Å². The molecule has 0 radical (unpaired) electrons. The Bertz CT molecular complexity index is 1050. The van der Waals surface area contributed by atoms with Crippen LogP contribution >= 0.6 is 0 Å². The number of H-pyrrole nitrogens is 1. The summed E-state index contributed by atoms with van der Waals surface area (Å²) in [6, 6.07) is 7.57. The van der Waals surface area contributed by atoms with E-state index in [9.17, 15) is 0 Å². The molecular formula is C18H17N7O. The lowest BCUT2D eigenvalue weighted by molar-refractivity contribution is 0.420. The zero-order valence-corrected chi connectivity index (χ0v) is 14.1. The van der Waals surface area contributed by atoms with E-state index in [1.165, 1.54) is 0 Å². The molecule has 0 amide bonds. The molecule has 0 aliphatic rings. The van der Waals surface area contributed by atoms with E-state index in [-0.39, 0.29) is 5.95 Å². The molecule has 130 valence electrons. The first-order valence-electron chi connectivity index (χ1n) is 8.02. The summed E-state index contributed by atoms with van der Waals surface area (Å²) in [5, 5.41) is 4.15. The number of hydrogen-bond donors (Lipinski definition) is 3. The third kappa shape index (κ3) is 3.00. The van der Waals surface area contributed by atoms with Gasteiger partial charge in [-0.15, -0.1) is 0 Å². The number of nitrogens with zero attached hydrogens (tertiary/aromatic N) is 4. The highest BCUT2D eigenvalue weighted by atomic mass is 16.5. The minimum Gasteiger partial charge on any atom is -0.496 e. The van der Waals surface area contributed by atoms with Gasteiger partial charge < -0.3 is 20.8 Å². The number of ether oxygens (including phenoxy) is 1. The molecule has 8 heteroatoms. The number of nitrogens with one attached hydrogen (secondary N) is 2. The van der Waals surface area contributed by atoms with Crippen LogP contribution in [0.15, 0.2) is 49.1 Å². The molecule has 4 heterocycles. The van der Waals surface area contributed by atoms with Gasteiger partial charge in [-0.25, -0.2) is 15.0 Å². The molecule has 0 aromatic carbocycles. The van der Waals surface area contributed by atoms with Crippen LogP contribution in [0.5, 0.6) is 5.75 Å². The van der Waals surface area contributed by atoms with E-state index in [1.807, 2.05) is 24.4 Å². The Morgan fingerprint density at radius 3 is 2.77 bits per heavy atom. The lowest BCUT2D eigenvalue weighted by atomic mass is 10.1. The number of pyridine rings is 2. The molecule has 0 aliphatic carbocycles. The third-order valence-electron chi connectivity index (χ3n) is 4.00. The summed E-state index contributed by atoms with van der Waals surface area (Å²) in [4.78, 5) is 20.0. The molecule has 0 spiro atoms. The fraction of sp³-hybridized carbons (Fsp3) is 0.111. The van der Waals surface area contributed by atoms with E-state index in [1.54, 1.807) is 31.8 Å². The summed E-state index contributed by atoms with van der Waals surface area (Å²) in [6.07, 6.45) is 6.99. The summed E-state index contributed by atoms with van der Waals surface area (Å²) in [6.45, 7) is 0.639. The Morgan fingerprint density at radius 1 is 1.15 bits per heavy atom. The van der Waals surface area contributed by atoms with Gasteiger partial charge in [0.05, 0.1) is 18.2 Å². The topological polar surface area (TPSA) is 115 Å². The first-order valence-corrected chi connectivity index (χ1v) is 8.02. The van der Waals surface area contributed by atoms with Crippen molar-refractivity contribution in [2.24, 2.45) is 0 Å². The molecule has 4 aromatic rings. The van der Waals surface area contributed by atoms with Gasteiger partial charge in [-0.3, -0.25) is 4.98 Å². The van der Waals surface area contributed by atoms with Gasteiger partial charge in [0.15, 0.2) is 0 Å². The minimum atomic E-state index is 0.222. The van der Waals surface area contributed by atoms with Crippen LogP contribution in [0.3, 0.4) is 0 Å². The molecule has 4 rings (SSSR count). The average Bonchev–Trinajstić information content (AvgIpc) is 3.10. The molecule has 0 saturated carbocycles. The van der Waals surface area contributed by atoms with Gasteiger partial charge in [0.2, 0.25) is 5.95 Å². The van der Waals surface area contributed by atoms with E-state index in [2.05, 4.69) is 30.2 Å². The van der Waals surface area contributed by atoms with Crippen LogP contribution in [0.4, 0.5) is 11.8 Å². The fourth-order valence-electron chi connectivity index (χ4n) is 2.77. The molecule has 0 saturated heterocycles. The van der Waals surface area contributed by atoms with E-state index in [0.717, 1.165) is 16.5 Å². The molecule has 0 bridgehead atoms. The summed E-state index contributed by atoms with van der Waals surface area (Å²) >= 11 is 0. The maximum atomic E-state index is 5.70. The van der Waals surface area contributed by atoms with Gasteiger partial charge in [-0.1, -0.05) is 0 Å². The number of rotatable bonds is 5. The number of fused-ring (bicyclic) bond motifs is 1. The Balaban J connectivity index is 1.71. The number of aromatic amines is 1. The summed E-state index contributed by atoms with van der Waals surface area (Å²) in [5.41, 5.74) is 9.09. The molecule has 0 unspecified atom stereocenters. The van der Waals surface area contributed by atoms with E-state index in [4.69, 9.17) is 10.5 Å². The van der Waals surface area contributed by atoms with Crippen molar-refractivity contribution in [1.82, 2.24) is 24.9 Å². The van der Waals surface area contributed by atoms with E-state index >= 15 is 0 Å². The first kappa shape index (κ1) is 15.8. The van der Waals surface area contributed by atoms with Crippen molar-refractivity contribution in [2.75, 3.05) is 18.2 Å². The zero-order valence-electron chi connectivity index (χ0n) is 14.1. The SMILES string of the molecule is COc1cc(NCc2ccncc2)nc2[nH]cc(-c3ccnc(N)n3)c12. The van der Waals surface area contributed by atoms with Gasteiger partial charge >= 0.3 is 0 Å². The van der Waals surface area contributed by atoms with Crippen LogP contribution in [0.25, 0.3) is 22.3 Å². The highest BCUT2D eigenvalue weighted by Crippen LogP contribution is 2.35. The second-order valence-electron chi connectivity index (χ2n) is 5.64. The number of hydrogen-bond acceptors (Lipinski definition) is 7. The van der Waals surface area contributed by atoms with Crippen molar-refractivity contribution in [3.63, 3.8) is 0 Å². The molecule has 8 nitrogen and oxygen atoms in total.